The van der Waals surface area contributed by atoms with Gasteiger partial charge < -0.3 is 25.0 Å². The number of alkyl carbamates (subject to hydrolysis) is 1. The number of pyridine rings is 1. The molecule has 152 valence electrons. The van der Waals surface area contributed by atoms with Crippen LogP contribution in [0.4, 0.5) is 16.3 Å². The molecule has 0 radical (unpaired) electrons. The van der Waals surface area contributed by atoms with Gasteiger partial charge in [-0.3, -0.25) is 9.89 Å². The Balaban J connectivity index is 1.36. The van der Waals surface area contributed by atoms with Gasteiger partial charge in [-0.2, -0.15) is 5.10 Å². The van der Waals surface area contributed by atoms with Crippen LogP contribution in [0.25, 0.3) is 0 Å². The summed E-state index contributed by atoms with van der Waals surface area (Å²) >= 11 is 0. The van der Waals surface area contributed by atoms with Gasteiger partial charge in [0.15, 0.2) is 5.82 Å². The van der Waals surface area contributed by atoms with Gasteiger partial charge in [0, 0.05) is 35.6 Å². The molecule has 3 aliphatic heterocycles. The maximum absolute atomic E-state index is 12.2. The number of nitrogens with one attached hydrogen (secondary N) is 3. The number of H-pyrrole nitrogens is 1. The average molecular weight is 398 g/mol. The molecule has 2 aromatic rings. The molecule has 0 aromatic carbocycles. The van der Waals surface area contributed by atoms with E-state index in [2.05, 4.69) is 25.8 Å². The number of anilines is 2. The fourth-order valence-corrected chi connectivity index (χ4v) is 3.98. The average Bonchev–Trinajstić information content (AvgIpc) is 3.31. The van der Waals surface area contributed by atoms with Gasteiger partial charge in [0.05, 0.1) is 13.1 Å². The number of aromatic amines is 1. The number of hydrogen-bond donors (Lipinski definition) is 3. The summed E-state index contributed by atoms with van der Waals surface area (Å²) < 4.78 is 11.3. The molecule has 0 unspecified atom stereocenters. The molecule has 29 heavy (non-hydrogen) atoms. The zero-order valence-electron chi connectivity index (χ0n) is 15.8. The number of carbonyl (C=O) groups excluding carboxylic acids is 2. The van der Waals surface area contributed by atoms with Crippen molar-refractivity contribution in [2.24, 2.45) is 0 Å². The fourth-order valence-electron chi connectivity index (χ4n) is 3.98. The lowest BCUT2D eigenvalue weighted by Gasteiger charge is -2.38. The molecule has 8 bridgehead atoms. The first-order valence-corrected chi connectivity index (χ1v) is 9.79. The first-order chi connectivity index (χ1) is 14.1. The molecule has 1 saturated carbocycles. The Kier molecular flexibility index (Phi) is 4.45. The highest BCUT2D eigenvalue weighted by molar-refractivity contribution is 5.83. The summed E-state index contributed by atoms with van der Waals surface area (Å²) in [4.78, 5) is 30.1. The zero-order chi connectivity index (χ0) is 19.8. The Morgan fingerprint density at radius 2 is 2.00 bits per heavy atom. The molecule has 0 spiro atoms. The monoisotopic (exact) mass is 398 g/mol. The van der Waals surface area contributed by atoms with E-state index in [0.29, 0.717) is 24.8 Å². The van der Waals surface area contributed by atoms with E-state index >= 15 is 0 Å². The number of rotatable bonds is 0. The highest BCUT2D eigenvalue weighted by atomic mass is 16.6. The number of ether oxygens (including phenoxy) is 2. The summed E-state index contributed by atoms with van der Waals surface area (Å²) in [5, 5.41) is 13.2. The third kappa shape index (κ3) is 3.82. The second-order valence-electron chi connectivity index (χ2n) is 7.65. The van der Waals surface area contributed by atoms with Gasteiger partial charge in [0.1, 0.15) is 18.8 Å². The van der Waals surface area contributed by atoms with E-state index in [9.17, 15) is 9.59 Å². The summed E-state index contributed by atoms with van der Waals surface area (Å²) in [6, 6.07) is 5.63. The van der Waals surface area contributed by atoms with Crippen molar-refractivity contribution in [3.05, 3.63) is 30.1 Å². The van der Waals surface area contributed by atoms with Crippen LogP contribution >= 0.6 is 0 Å². The first-order valence-electron chi connectivity index (χ1n) is 9.79. The van der Waals surface area contributed by atoms with Crippen LogP contribution < -0.4 is 15.4 Å². The van der Waals surface area contributed by atoms with E-state index in [1.165, 1.54) is 0 Å². The van der Waals surface area contributed by atoms with Crippen LogP contribution in [0.5, 0.6) is 5.88 Å². The van der Waals surface area contributed by atoms with E-state index in [4.69, 9.17) is 9.47 Å². The van der Waals surface area contributed by atoms with Crippen molar-refractivity contribution in [3.63, 3.8) is 0 Å². The number of aromatic nitrogens is 3. The molecule has 3 N–H and O–H groups in total. The quantitative estimate of drug-likeness (QED) is 0.615. The Labute approximate surface area is 167 Å². The van der Waals surface area contributed by atoms with Crippen LogP contribution in [0.1, 0.15) is 30.9 Å². The van der Waals surface area contributed by atoms with E-state index < -0.39 is 6.09 Å². The lowest BCUT2D eigenvalue weighted by atomic mass is 10.0. The Bertz CT molecular complexity index is 925. The molecular weight excluding hydrogens is 376 g/mol. The smallest absolute Gasteiger partial charge is 0.407 e. The summed E-state index contributed by atoms with van der Waals surface area (Å²) in [6.07, 6.45) is 3.24. The number of amides is 2. The van der Waals surface area contributed by atoms with E-state index in [1.807, 2.05) is 18.2 Å². The number of carbonyl (C=O) groups is 2. The van der Waals surface area contributed by atoms with Gasteiger partial charge in [-0.05, 0) is 25.3 Å². The molecule has 6 rings (SSSR count). The minimum atomic E-state index is -0.553. The van der Waals surface area contributed by atoms with Crippen molar-refractivity contribution in [3.8, 4) is 5.88 Å². The number of nitrogens with zero attached hydrogens (tertiary/aromatic N) is 3. The largest absolute Gasteiger partial charge is 0.471 e. The second kappa shape index (κ2) is 7.26. The summed E-state index contributed by atoms with van der Waals surface area (Å²) in [5.41, 5.74) is 1.83. The van der Waals surface area contributed by atoms with Crippen LogP contribution in [0.3, 0.4) is 0 Å². The molecule has 2 fully saturated rings. The van der Waals surface area contributed by atoms with Crippen molar-refractivity contribution in [2.75, 3.05) is 25.0 Å². The van der Waals surface area contributed by atoms with Crippen LogP contribution in [0.2, 0.25) is 0 Å². The SMILES string of the molecule is O=C1NCC(=O)N2CC(C2)Oc2cc(ccn2)Nc2cc([nH]n2)[C@H]2CC[C@H](C2)O1. The molecule has 5 heterocycles. The van der Waals surface area contributed by atoms with Crippen molar-refractivity contribution < 1.29 is 19.1 Å². The van der Waals surface area contributed by atoms with E-state index in [1.54, 1.807) is 11.1 Å². The molecular formula is C19H22N6O4. The molecule has 4 aliphatic rings. The van der Waals surface area contributed by atoms with Gasteiger partial charge in [0.2, 0.25) is 11.8 Å². The summed E-state index contributed by atoms with van der Waals surface area (Å²) in [6.45, 7) is 0.840. The normalized spacial score (nSPS) is 26.6. The van der Waals surface area contributed by atoms with E-state index in [-0.39, 0.29) is 30.6 Å². The predicted octanol–water partition coefficient (Wildman–Crippen LogP) is 1.51. The van der Waals surface area contributed by atoms with E-state index in [0.717, 1.165) is 30.6 Å². The van der Waals surface area contributed by atoms with Gasteiger partial charge in [-0.25, -0.2) is 9.78 Å². The molecule has 2 atom stereocenters. The van der Waals surface area contributed by atoms with Gasteiger partial charge in [-0.1, -0.05) is 0 Å². The Morgan fingerprint density at radius 3 is 2.90 bits per heavy atom. The van der Waals surface area contributed by atoms with Crippen molar-refractivity contribution >= 4 is 23.5 Å². The highest BCUT2D eigenvalue weighted by Crippen LogP contribution is 2.36. The van der Waals surface area contributed by atoms with Gasteiger partial charge in [0.25, 0.3) is 0 Å². The minimum absolute atomic E-state index is 0.0801. The number of fused-ring (bicyclic) bond motifs is 4. The molecule has 10 heteroatoms. The lowest BCUT2D eigenvalue weighted by molar-refractivity contribution is -0.139. The lowest BCUT2D eigenvalue weighted by Crippen LogP contribution is -2.58. The highest BCUT2D eigenvalue weighted by Gasteiger charge is 2.33. The predicted molar refractivity (Wildman–Crippen MR) is 102 cm³/mol. The Morgan fingerprint density at radius 1 is 1.10 bits per heavy atom. The van der Waals surface area contributed by atoms with Gasteiger partial charge >= 0.3 is 6.09 Å². The standard InChI is InChI=1S/C19H22N6O4/c26-18-8-21-19(27)29-13-2-1-11(5-13)15-7-16(24-23-15)22-12-3-4-20-17(6-12)28-14-9-25(18)10-14/h3-4,6-7,11,13-14H,1-2,5,8-10H2,(H,21,27)(H2,22,23,24)/t11-,13+/m0/s1. The molecule has 1 saturated heterocycles. The van der Waals surface area contributed by atoms with Crippen LogP contribution in [0, 0.1) is 0 Å². The molecule has 2 amide bonds. The van der Waals surface area contributed by atoms with Gasteiger partial charge in [-0.15, -0.1) is 0 Å². The summed E-state index contributed by atoms with van der Waals surface area (Å²) in [7, 11) is 0. The van der Waals surface area contributed by atoms with Crippen LogP contribution in [0.15, 0.2) is 24.4 Å². The van der Waals surface area contributed by atoms with Crippen LogP contribution in [-0.2, 0) is 9.53 Å². The second-order valence-corrected chi connectivity index (χ2v) is 7.65. The van der Waals surface area contributed by atoms with Crippen molar-refractivity contribution in [2.45, 2.75) is 37.4 Å². The minimum Gasteiger partial charge on any atom is -0.471 e. The summed E-state index contributed by atoms with van der Waals surface area (Å²) in [5.74, 6) is 1.28. The molecule has 10 nitrogen and oxygen atoms in total. The Hall–Kier alpha value is -3.30. The van der Waals surface area contributed by atoms with Crippen molar-refractivity contribution in [1.82, 2.24) is 25.4 Å². The van der Waals surface area contributed by atoms with Crippen molar-refractivity contribution in [1.29, 1.82) is 0 Å². The zero-order valence-corrected chi connectivity index (χ0v) is 15.8. The topological polar surface area (TPSA) is 121 Å². The first kappa shape index (κ1) is 17.8. The maximum Gasteiger partial charge on any atom is 0.407 e. The third-order valence-corrected chi connectivity index (χ3v) is 5.58. The van der Waals surface area contributed by atoms with Crippen LogP contribution in [-0.4, -0.2) is 63.9 Å². The number of hydrogen-bond acceptors (Lipinski definition) is 7. The molecule has 1 aliphatic carbocycles. The fraction of sp³-hybridized carbons (Fsp3) is 0.474. The molecule has 2 aromatic heterocycles. The third-order valence-electron chi connectivity index (χ3n) is 5.58. The maximum atomic E-state index is 12.2.